The van der Waals surface area contributed by atoms with Crippen LogP contribution in [-0.4, -0.2) is 5.78 Å². The second-order valence-electron chi connectivity index (χ2n) is 7.13. The normalized spacial score (nSPS) is 24.5. The molecule has 106 valence electrons. The molecule has 1 aliphatic rings. The van der Waals surface area contributed by atoms with Gasteiger partial charge in [-0.15, -0.1) is 0 Å². The molecule has 2 rings (SSSR count). The van der Waals surface area contributed by atoms with Gasteiger partial charge in [0.1, 0.15) is 5.76 Å². The Kier molecular flexibility index (Phi) is 3.89. The topological polar surface area (TPSA) is 30.2 Å². The van der Waals surface area contributed by atoms with E-state index in [0.717, 1.165) is 30.1 Å². The molecule has 19 heavy (non-hydrogen) atoms. The zero-order chi connectivity index (χ0) is 14.2. The second kappa shape index (κ2) is 5.15. The zero-order valence-electron chi connectivity index (χ0n) is 12.9. The molecule has 0 saturated heterocycles. The Morgan fingerprint density at radius 3 is 2.16 bits per heavy atom. The van der Waals surface area contributed by atoms with Crippen molar-refractivity contribution in [3.05, 3.63) is 23.2 Å². The van der Waals surface area contributed by atoms with Crippen molar-refractivity contribution in [2.24, 2.45) is 17.3 Å². The lowest BCUT2D eigenvalue weighted by molar-refractivity contribution is 0.0790. The Bertz CT molecular complexity index is 435. The molecule has 1 aliphatic carbocycles. The van der Waals surface area contributed by atoms with Crippen molar-refractivity contribution in [1.82, 2.24) is 0 Å². The van der Waals surface area contributed by atoms with Gasteiger partial charge in [0.05, 0.1) is 0 Å². The monoisotopic (exact) mass is 262 g/mol. The molecule has 0 aliphatic heterocycles. The number of furan rings is 1. The second-order valence-corrected chi connectivity index (χ2v) is 7.13. The largest absolute Gasteiger partial charge is 0.458 e. The average Bonchev–Trinajstić information content (AvgIpc) is 2.68. The van der Waals surface area contributed by atoms with E-state index in [1.165, 1.54) is 12.8 Å². The molecule has 0 bridgehead atoms. The number of hydrogen-bond donors (Lipinski definition) is 0. The predicted octanol–water partition coefficient (Wildman–Crippen LogP) is 4.93. The van der Waals surface area contributed by atoms with Gasteiger partial charge in [0.25, 0.3) is 0 Å². The Morgan fingerprint density at radius 2 is 1.74 bits per heavy atom. The third-order valence-electron chi connectivity index (χ3n) is 4.73. The first-order valence-corrected chi connectivity index (χ1v) is 7.40. The van der Waals surface area contributed by atoms with Crippen LogP contribution in [0, 0.1) is 31.1 Å². The highest BCUT2D eigenvalue weighted by Gasteiger charge is 2.33. The summed E-state index contributed by atoms with van der Waals surface area (Å²) in [5.74, 6) is 2.56. The maximum atomic E-state index is 12.4. The third-order valence-corrected chi connectivity index (χ3v) is 4.73. The summed E-state index contributed by atoms with van der Waals surface area (Å²) in [4.78, 5) is 12.4. The van der Waals surface area contributed by atoms with E-state index < -0.39 is 0 Å². The van der Waals surface area contributed by atoms with Crippen LogP contribution in [0.4, 0.5) is 0 Å². The minimum Gasteiger partial charge on any atom is -0.458 e. The van der Waals surface area contributed by atoms with Crippen LogP contribution in [0.5, 0.6) is 0 Å². The van der Waals surface area contributed by atoms with E-state index in [9.17, 15) is 4.79 Å². The first-order chi connectivity index (χ1) is 8.79. The standard InChI is InChI=1S/C17H26O2/c1-11-10-15(19-12(11)2)16(18)13-6-8-14(9-7-13)17(3,4)5/h10,13-14H,6-9H2,1-5H3. The van der Waals surface area contributed by atoms with Crippen LogP contribution in [0.1, 0.15) is 68.3 Å². The fourth-order valence-electron chi connectivity index (χ4n) is 3.12. The Labute approximate surface area is 116 Å². The van der Waals surface area contributed by atoms with Gasteiger partial charge in [0.2, 0.25) is 5.78 Å². The van der Waals surface area contributed by atoms with Crippen molar-refractivity contribution in [3.63, 3.8) is 0 Å². The molecule has 0 amide bonds. The Hall–Kier alpha value is -1.05. The molecule has 1 aromatic rings. The molecule has 1 aromatic heterocycles. The van der Waals surface area contributed by atoms with Crippen molar-refractivity contribution in [2.75, 3.05) is 0 Å². The lowest BCUT2D eigenvalue weighted by atomic mass is 9.69. The van der Waals surface area contributed by atoms with Crippen molar-refractivity contribution >= 4 is 5.78 Å². The van der Waals surface area contributed by atoms with Crippen LogP contribution in [-0.2, 0) is 0 Å². The highest BCUT2D eigenvalue weighted by Crippen LogP contribution is 2.40. The quantitative estimate of drug-likeness (QED) is 0.707. The van der Waals surface area contributed by atoms with Gasteiger partial charge in [-0.25, -0.2) is 0 Å². The van der Waals surface area contributed by atoms with Gasteiger partial charge in [-0.1, -0.05) is 20.8 Å². The maximum Gasteiger partial charge on any atom is 0.201 e. The molecule has 0 spiro atoms. The minimum absolute atomic E-state index is 0.170. The number of hydrogen-bond acceptors (Lipinski definition) is 2. The lowest BCUT2D eigenvalue weighted by Gasteiger charge is -2.36. The summed E-state index contributed by atoms with van der Waals surface area (Å²) in [5.41, 5.74) is 1.44. The lowest BCUT2D eigenvalue weighted by Crippen LogP contribution is -2.28. The van der Waals surface area contributed by atoms with Gasteiger partial charge in [-0.3, -0.25) is 4.79 Å². The maximum absolute atomic E-state index is 12.4. The van der Waals surface area contributed by atoms with Crippen molar-refractivity contribution in [2.45, 2.75) is 60.3 Å². The summed E-state index contributed by atoms with van der Waals surface area (Å²) in [6.07, 6.45) is 4.36. The number of aryl methyl sites for hydroxylation is 2. The highest BCUT2D eigenvalue weighted by atomic mass is 16.3. The molecule has 2 nitrogen and oxygen atoms in total. The number of rotatable bonds is 2. The van der Waals surface area contributed by atoms with Gasteiger partial charge in [-0.2, -0.15) is 0 Å². The number of carbonyl (C=O) groups is 1. The molecule has 0 radical (unpaired) electrons. The number of ketones is 1. The minimum atomic E-state index is 0.170. The molecule has 0 unspecified atom stereocenters. The van der Waals surface area contributed by atoms with Gasteiger partial charge >= 0.3 is 0 Å². The number of Topliss-reactive ketones (excluding diaryl/α,β-unsaturated/α-hetero) is 1. The fourth-order valence-corrected chi connectivity index (χ4v) is 3.12. The molecular formula is C17H26O2. The molecule has 2 heteroatoms. The van der Waals surface area contributed by atoms with Crippen molar-refractivity contribution in [3.8, 4) is 0 Å². The van der Waals surface area contributed by atoms with Gasteiger partial charge < -0.3 is 4.42 Å². The molecule has 0 N–H and O–H groups in total. The van der Waals surface area contributed by atoms with E-state index in [-0.39, 0.29) is 11.7 Å². The van der Waals surface area contributed by atoms with Crippen LogP contribution in [0.15, 0.2) is 10.5 Å². The first-order valence-electron chi connectivity index (χ1n) is 7.40. The average molecular weight is 262 g/mol. The van der Waals surface area contributed by atoms with E-state index >= 15 is 0 Å². The fraction of sp³-hybridized carbons (Fsp3) is 0.706. The van der Waals surface area contributed by atoms with E-state index in [2.05, 4.69) is 20.8 Å². The molecule has 1 saturated carbocycles. The smallest absolute Gasteiger partial charge is 0.201 e. The molecule has 1 fully saturated rings. The summed E-state index contributed by atoms with van der Waals surface area (Å²) in [6.45, 7) is 10.8. The van der Waals surface area contributed by atoms with Crippen molar-refractivity contribution in [1.29, 1.82) is 0 Å². The molecule has 0 atom stereocenters. The summed E-state index contributed by atoms with van der Waals surface area (Å²) in [7, 11) is 0. The predicted molar refractivity (Wildman–Crippen MR) is 77.4 cm³/mol. The van der Waals surface area contributed by atoms with E-state index in [4.69, 9.17) is 4.42 Å². The van der Waals surface area contributed by atoms with Gasteiger partial charge in [0, 0.05) is 5.92 Å². The van der Waals surface area contributed by atoms with Crippen LogP contribution < -0.4 is 0 Å². The summed E-state index contributed by atoms with van der Waals surface area (Å²) >= 11 is 0. The summed E-state index contributed by atoms with van der Waals surface area (Å²) in [6, 6.07) is 1.90. The first kappa shape index (κ1) is 14.4. The summed E-state index contributed by atoms with van der Waals surface area (Å²) < 4.78 is 5.57. The molecule has 1 heterocycles. The van der Waals surface area contributed by atoms with Crippen LogP contribution >= 0.6 is 0 Å². The van der Waals surface area contributed by atoms with Crippen LogP contribution in [0.25, 0.3) is 0 Å². The van der Waals surface area contributed by atoms with Crippen molar-refractivity contribution < 1.29 is 9.21 Å². The highest BCUT2D eigenvalue weighted by molar-refractivity contribution is 5.95. The molecule has 0 aromatic carbocycles. The van der Waals surface area contributed by atoms with Gasteiger partial charge in [0.15, 0.2) is 5.76 Å². The summed E-state index contributed by atoms with van der Waals surface area (Å²) in [5, 5.41) is 0. The van der Waals surface area contributed by atoms with E-state index in [1.54, 1.807) is 0 Å². The third kappa shape index (κ3) is 3.10. The van der Waals surface area contributed by atoms with E-state index in [1.807, 2.05) is 19.9 Å². The Balaban J connectivity index is 2.00. The number of carbonyl (C=O) groups excluding carboxylic acids is 1. The Morgan fingerprint density at radius 1 is 1.16 bits per heavy atom. The SMILES string of the molecule is Cc1cc(C(=O)C2CCC(C(C)(C)C)CC2)oc1C. The van der Waals surface area contributed by atoms with Gasteiger partial charge in [-0.05, 0) is 62.5 Å². The molecular weight excluding hydrogens is 236 g/mol. The zero-order valence-corrected chi connectivity index (χ0v) is 12.9. The van der Waals surface area contributed by atoms with E-state index in [0.29, 0.717) is 11.2 Å². The van der Waals surface area contributed by atoms with Crippen LogP contribution in [0.3, 0.4) is 0 Å². The van der Waals surface area contributed by atoms with Crippen LogP contribution in [0.2, 0.25) is 0 Å².